The predicted molar refractivity (Wildman–Crippen MR) is 50.2 cm³/mol. The molecular weight excluding hydrogens is 154 g/mol. The van der Waals surface area contributed by atoms with Crippen molar-refractivity contribution < 1.29 is 4.74 Å². The van der Waals surface area contributed by atoms with E-state index >= 15 is 0 Å². The van der Waals surface area contributed by atoms with Gasteiger partial charge < -0.3 is 15.4 Å². The molecular formula is C8H19N3O. The van der Waals surface area contributed by atoms with E-state index in [0.717, 1.165) is 6.42 Å². The molecule has 4 nitrogen and oxygen atoms in total. The van der Waals surface area contributed by atoms with Crippen molar-refractivity contribution in [2.24, 2.45) is 5.73 Å². The monoisotopic (exact) mass is 173 g/mol. The van der Waals surface area contributed by atoms with Crippen LogP contribution >= 0.6 is 0 Å². The van der Waals surface area contributed by atoms with Crippen molar-refractivity contribution >= 4 is 5.96 Å². The smallest absolute Gasteiger partial charge is 0.188 e. The lowest BCUT2D eigenvalue weighted by Gasteiger charge is -2.28. The molecule has 0 rings (SSSR count). The maximum absolute atomic E-state index is 7.31. The SMILES string of the molecule is CCC(C)N(CCOC)C(=N)N. The standard InChI is InChI=1S/C8H19N3O/c1-4-7(2)11(8(9)10)5-6-12-3/h7H,4-6H2,1-3H3,(H3,9,10). The van der Waals surface area contributed by atoms with Crippen LogP contribution in [0.2, 0.25) is 0 Å². The minimum absolute atomic E-state index is 0.126. The zero-order valence-electron chi connectivity index (χ0n) is 8.13. The average molecular weight is 173 g/mol. The molecule has 0 aliphatic carbocycles. The van der Waals surface area contributed by atoms with Gasteiger partial charge in [-0.25, -0.2) is 0 Å². The van der Waals surface area contributed by atoms with E-state index in [9.17, 15) is 0 Å². The van der Waals surface area contributed by atoms with Gasteiger partial charge in [0, 0.05) is 19.7 Å². The van der Waals surface area contributed by atoms with E-state index in [4.69, 9.17) is 15.9 Å². The second kappa shape index (κ2) is 5.83. The van der Waals surface area contributed by atoms with Crippen molar-refractivity contribution in [2.45, 2.75) is 26.3 Å². The van der Waals surface area contributed by atoms with E-state index in [1.807, 2.05) is 4.90 Å². The van der Waals surface area contributed by atoms with Crippen LogP contribution in [-0.4, -0.2) is 37.2 Å². The van der Waals surface area contributed by atoms with Gasteiger partial charge in [0.1, 0.15) is 0 Å². The molecule has 3 N–H and O–H groups in total. The molecule has 0 spiro atoms. The van der Waals surface area contributed by atoms with E-state index in [-0.39, 0.29) is 5.96 Å². The first kappa shape index (κ1) is 11.2. The van der Waals surface area contributed by atoms with E-state index in [1.54, 1.807) is 7.11 Å². The van der Waals surface area contributed by atoms with Gasteiger partial charge in [-0.2, -0.15) is 0 Å². The predicted octanol–water partition coefficient (Wildman–Crippen LogP) is 0.627. The Bertz CT molecular complexity index is 138. The number of rotatable bonds is 5. The molecule has 0 aromatic carbocycles. The van der Waals surface area contributed by atoms with Gasteiger partial charge in [0.2, 0.25) is 0 Å². The number of nitrogens with zero attached hydrogens (tertiary/aromatic N) is 1. The summed E-state index contributed by atoms with van der Waals surface area (Å²) in [5.74, 6) is 0.126. The molecule has 72 valence electrons. The number of hydrogen-bond acceptors (Lipinski definition) is 2. The van der Waals surface area contributed by atoms with Gasteiger partial charge in [0.05, 0.1) is 6.61 Å². The van der Waals surface area contributed by atoms with Crippen LogP contribution in [0.1, 0.15) is 20.3 Å². The fourth-order valence-electron chi connectivity index (χ4n) is 0.988. The Labute approximate surface area is 74.2 Å². The molecule has 0 saturated heterocycles. The molecule has 0 aromatic rings. The third-order valence-corrected chi connectivity index (χ3v) is 1.97. The molecule has 0 aliphatic rings. The molecule has 0 aliphatic heterocycles. The summed E-state index contributed by atoms with van der Waals surface area (Å²) in [6, 6.07) is 0.317. The lowest BCUT2D eigenvalue weighted by molar-refractivity contribution is 0.162. The van der Waals surface area contributed by atoms with Crippen LogP contribution in [-0.2, 0) is 4.74 Å². The van der Waals surface area contributed by atoms with Crippen LogP contribution in [0.3, 0.4) is 0 Å². The van der Waals surface area contributed by atoms with Crippen LogP contribution < -0.4 is 5.73 Å². The van der Waals surface area contributed by atoms with Crippen molar-refractivity contribution in [2.75, 3.05) is 20.3 Å². The quantitative estimate of drug-likeness (QED) is 0.473. The van der Waals surface area contributed by atoms with E-state index in [2.05, 4.69) is 13.8 Å². The number of methoxy groups -OCH3 is 1. The molecule has 0 bridgehead atoms. The highest BCUT2D eigenvalue weighted by Crippen LogP contribution is 2.01. The van der Waals surface area contributed by atoms with Crippen LogP contribution in [0.4, 0.5) is 0 Å². The molecule has 0 amide bonds. The van der Waals surface area contributed by atoms with Gasteiger partial charge in [-0.1, -0.05) is 6.92 Å². The summed E-state index contributed by atoms with van der Waals surface area (Å²) in [7, 11) is 1.65. The fraction of sp³-hybridized carbons (Fsp3) is 0.875. The molecule has 0 saturated carbocycles. The normalized spacial score (nSPS) is 12.6. The van der Waals surface area contributed by atoms with Gasteiger partial charge in [0.15, 0.2) is 5.96 Å². The van der Waals surface area contributed by atoms with Gasteiger partial charge in [0.25, 0.3) is 0 Å². The van der Waals surface area contributed by atoms with Crippen LogP contribution in [0.5, 0.6) is 0 Å². The third-order valence-electron chi connectivity index (χ3n) is 1.97. The Kier molecular flexibility index (Phi) is 5.45. The first-order valence-electron chi connectivity index (χ1n) is 4.23. The highest BCUT2D eigenvalue weighted by molar-refractivity contribution is 5.74. The second-order valence-corrected chi connectivity index (χ2v) is 2.83. The Balaban J connectivity index is 3.94. The summed E-state index contributed by atoms with van der Waals surface area (Å²) in [5.41, 5.74) is 5.41. The highest BCUT2D eigenvalue weighted by Gasteiger charge is 2.12. The van der Waals surface area contributed by atoms with Crippen LogP contribution in [0, 0.1) is 5.41 Å². The Morgan fingerprint density at radius 1 is 1.67 bits per heavy atom. The number of nitrogens with two attached hydrogens (primary N) is 1. The van der Waals surface area contributed by atoms with Gasteiger partial charge in [-0.05, 0) is 13.3 Å². The third kappa shape index (κ3) is 3.57. The highest BCUT2D eigenvalue weighted by atomic mass is 16.5. The summed E-state index contributed by atoms with van der Waals surface area (Å²) in [4.78, 5) is 1.84. The first-order chi connectivity index (χ1) is 5.63. The summed E-state index contributed by atoms with van der Waals surface area (Å²) >= 11 is 0. The molecule has 1 unspecified atom stereocenters. The van der Waals surface area contributed by atoms with Crippen LogP contribution in [0.25, 0.3) is 0 Å². The fourth-order valence-corrected chi connectivity index (χ4v) is 0.988. The number of ether oxygens (including phenoxy) is 1. The van der Waals surface area contributed by atoms with Crippen molar-refractivity contribution in [1.82, 2.24) is 4.90 Å². The van der Waals surface area contributed by atoms with Crippen molar-refractivity contribution in [1.29, 1.82) is 5.41 Å². The number of hydrogen-bond donors (Lipinski definition) is 2. The van der Waals surface area contributed by atoms with Crippen LogP contribution in [0.15, 0.2) is 0 Å². The van der Waals surface area contributed by atoms with E-state index in [1.165, 1.54) is 0 Å². The topological polar surface area (TPSA) is 62.3 Å². The number of nitrogens with one attached hydrogen (secondary N) is 1. The lowest BCUT2D eigenvalue weighted by Crippen LogP contribution is -2.44. The Hall–Kier alpha value is -0.770. The van der Waals surface area contributed by atoms with E-state index < -0.39 is 0 Å². The second-order valence-electron chi connectivity index (χ2n) is 2.83. The lowest BCUT2D eigenvalue weighted by atomic mass is 10.2. The van der Waals surface area contributed by atoms with Crippen molar-refractivity contribution in [3.8, 4) is 0 Å². The summed E-state index contributed by atoms with van der Waals surface area (Å²) in [6.45, 7) is 5.44. The van der Waals surface area contributed by atoms with Gasteiger partial charge >= 0.3 is 0 Å². The molecule has 12 heavy (non-hydrogen) atoms. The average Bonchev–Trinajstić information content (AvgIpc) is 2.04. The maximum atomic E-state index is 7.31. The first-order valence-corrected chi connectivity index (χ1v) is 4.23. The summed E-state index contributed by atoms with van der Waals surface area (Å²) in [5, 5.41) is 7.31. The molecule has 0 radical (unpaired) electrons. The summed E-state index contributed by atoms with van der Waals surface area (Å²) < 4.78 is 4.92. The minimum atomic E-state index is 0.126. The largest absolute Gasteiger partial charge is 0.383 e. The number of guanidine groups is 1. The Morgan fingerprint density at radius 3 is 2.58 bits per heavy atom. The zero-order chi connectivity index (χ0) is 9.56. The van der Waals surface area contributed by atoms with Crippen molar-refractivity contribution in [3.05, 3.63) is 0 Å². The summed E-state index contributed by atoms with van der Waals surface area (Å²) in [6.07, 6.45) is 0.989. The molecule has 0 heterocycles. The van der Waals surface area contributed by atoms with Gasteiger partial charge in [-0.15, -0.1) is 0 Å². The van der Waals surface area contributed by atoms with E-state index in [0.29, 0.717) is 19.2 Å². The Morgan fingerprint density at radius 2 is 2.25 bits per heavy atom. The molecule has 4 heteroatoms. The molecule has 0 fully saturated rings. The molecule has 1 atom stereocenters. The van der Waals surface area contributed by atoms with Gasteiger partial charge in [-0.3, -0.25) is 5.41 Å². The van der Waals surface area contributed by atoms with Crippen molar-refractivity contribution in [3.63, 3.8) is 0 Å². The maximum Gasteiger partial charge on any atom is 0.188 e. The minimum Gasteiger partial charge on any atom is -0.383 e. The molecule has 0 aromatic heterocycles. The zero-order valence-corrected chi connectivity index (χ0v) is 8.13.